The average molecular weight is 226 g/mol. The minimum atomic E-state index is 0.212. The van der Waals surface area contributed by atoms with Crippen LogP contribution in [0.3, 0.4) is 0 Å². The molecule has 2 rings (SSSR count). The zero-order valence-electron chi connectivity index (χ0n) is 6.43. The van der Waals surface area contributed by atoms with Crippen molar-refractivity contribution in [3.8, 4) is 0 Å². The zero-order chi connectivity index (χ0) is 8.72. The van der Waals surface area contributed by atoms with Gasteiger partial charge in [-0.15, -0.1) is 0 Å². The third-order valence-corrected chi connectivity index (χ3v) is 2.83. The van der Waals surface area contributed by atoms with Crippen molar-refractivity contribution in [1.29, 1.82) is 0 Å². The van der Waals surface area contributed by atoms with Crippen LogP contribution in [0.2, 0.25) is 0 Å². The van der Waals surface area contributed by atoms with Gasteiger partial charge in [0.05, 0.1) is 0 Å². The maximum atomic E-state index is 11.3. The van der Waals surface area contributed by atoms with Gasteiger partial charge in [0.1, 0.15) is 0 Å². The highest BCUT2D eigenvalue weighted by Gasteiger charge is 2.20. The van der Waals surface area contributed by atoms with Crippen molar-refractivity contribution < 1.29 is 4.79 Å². The Morgan fingerprint density at radius 1 is 1.33 bits per heavy atom. The monoisotopic (exact) mass is 225 g/mol. The fraction of sp³-hybridized carbons (Fsp3) is 0.222. The molecule has 0 bridgehead atoms. The van der Waals surface area contributed by atoms with Crippen LogP contribution in [-0.2, 0) is 6.42 Å². The van der Waals surface area contributed by atoms with E-state index < -0.39 is 0 Å². The number of hydrogen-bond donors (Lipinski definition) is 1. The molecule has 0 radical (unpaired) electrons. The molecule has 2 N–H and O–H groups in total. The molecule has 1 aromatic rings. The van der Waals surface area contributed by atoms with Gasteiger partial charge in [0.15, 0.2) is 5.78 Å². The quantitative estimate of drug-likeness (QED) is 0.689. The number of aryl methyl sites for hydroxylation is 1. The number of anilines is 1. The van der Waals surface area contributed by atoms with Gasteiger partial charge in [-0.25, -0.2) is 0 Å². The molecule has 0 aromatic heterocycles. The Kier molecular flexibility index (Phi) is 1.68. The molecule has 0 heterocycles. The summed E-state index contributed by atoms with van der Waals surface area (Å²) in [5, 5.41) is 0. The average Bonchev–Trinajstić information content (AvgIpc) is 2.35. The van der Waals surface area contributed by atoms with Gasteiger partial charge in [-0.2, -0.15) is 0 Å². The second kappa shape index (κ2) is 2.59. The van der Waals surface area contributed by atoms with Crippen molar-refractivity contribution in [1.82, 2.24) is 0 Å². The number of carbonyl (C=O) groups is 1. The Morgan fingerprint density at radius 2 is 2.08 bits per heavy atom. The summed E-state index contributed by atoms with van der Waals surface area (Å²) in [6.07, 6.45) is 1.48. The number of halogens is 1. The van der Waals surface area contributed by atoms with Crippen molar-refractivity contribution >= 4 is 27.4 Å². The Bertz CT molecular complexity index is 360. The predicted octanol–water partition coefficient (Wildman–Crippen LogP) is 2.16. The van der Waals surface area contributed by atoms with E-state index in [-0.39, 0.29) is 5.78 Å². The molecule has 0 spiro atoms. The van der Waals surface area contributed by atoms with Crippen LogP contribution in [-0.4, -0.2) is 5.78 Å². The van der Waals surface area contributed by atoms with Crippen molar-refractivity contribution in [3.05, 3.63) is 27.7 Å². The highest BCUT2D eigenvalue weighted by molar-refractivity contribution is 9.10. The summed E-state index contributed by atoms with van der Waals surface area (Å²) in [6.45, 7) is 0. The first kappa shape index (κ1) is 7.80. The fourth-order valence-electron chi connectivity index (χ4n) is 1.48. The fourth-order valence-corrected chi connectivity index (χ4v) is 1.87. The molecule has 0 atom stereocenters. The van der Waals surface area contributed by atoms with Gasteiger partial charge in [-0.05, 0) is 40.0 Å². The van der Waals surface area contributed by atoms with E-state index in [4.69, 9.17) is 5.73 Å². The van der Waals surface area contributed by atoms with E-state index in [0.29, 0.717) is 12.1 Å². The molecule has 1 aromatic carbocycles. The summed E-state index contributed by atoms with van der Waals surface area (Å²) in [6, 6.07) is 3.70. The van der Waals surface area contributed by atoms with Crippen LogP contribution in [0.15, 0.2) is 16.6 Å². The molecule has 0 unspecified atom stereocenters. The molecule has 0 amide bonds. The predicted molar refractivity (Wildman–Crippen MR) is 51.2 cm³/mol. The van der Waals surface area contributed by atoms with Crippen LogP contribution in [0, 0.1) is 0 Å². The topological polar surface area (TPSA) is 43.1 Å². The second-order valence-corrected chi connectivity index (χ2v) is 3.81. The minimum absolute atomic E-state index is 0.212. The van der Waals surface area contributed by atoms with Crippen molar-refractivity contribution in [2.45, 2.75) is 12.8 Å². The Labute approximate surface area is 78.9 Å². The highest BCUT2D eigenvalue weighted by Crippen LogP contribution is 2.29. The maximum Gasteiger partial charge on any atom is 0.163 e. The van der Waals surface area contributed by atoms with Crippen LogP contribution in [0.1, 0.15) is 22.3 Å². The van der Waals surface area contributed by atoms with Crippen molar-refractivity contribution in [2.75, 3.05) is 5.73 Å². The summed E-state index contributed by atoms with van der Waals surface area (Å²) in [5.74, 6) is 0.212. The van der Waals surface area contributed by atoms with E-state index >= 15 is 0 Å². The second-order valence-electron chi connectivity index (χ2n) is 2.95. The van der Waals surface area contributed by atoms with E-state index in [1.54, 1.807) is 6.07 Å². The maximum absolute atomic E-state index is 11.3. The summed E-state index contributed by atoms with van der Waals surface area (Å²) in [7, 11) is 0. The van der Waals surface area contributed by atoms with E-state index in [1.807, 2.05) is 6.07 Å². The van der Waals surface area contributed by atoms with E-state index in [0.717, 1.165) is 22.0 Å². The summed E-state index contributed by atoms with van der Waals surface area (Å²) >= 11 is 3.33. The van der Waals surface area contributed by atoms with Gasteiger partial charge >= 0.3 is 0 Å². The van der Waals surface area contributed by atoms with Crippen LogP contribution in [0.4, 0.5) is 5.69 Å². The molecule has 3 heteroatoms. The van der Waals surface area contributed by atoms with Crippen LogP contribution < -0.4 is 5.73 Å². The highest BCUT2D eigenvalue weighted by atomic mass is 79.9. The molecular weight excluding hydrogens is 218 g/mol. The lowest BCUT2D eigenvalue weighted by atomic mass is 10.1. The number of nitrogen functional groups attached to an aromatic ring is 1. The smallest absolute Gasteiger partial charge is 0.163 e. The molecular formula is C9H8BrNO. The van der Waals surface area contributed by atoms with Gasteiger partial charge in [0.2, 0.25) is 0 Å². The third kappa shape index (κ3) is 1.05. The first-order valence-electron chi connectivity index (χ1n) is 3.79. The van der Waals surface area contributed by atoms with Gasteiger partial charge in [0.25, 0.3) is 0 Å². The lowest BCUT2D eigenvalue weighted by Crippen LogP contribution is -1.94. The molecule has 1 aliphatic rings. The summed E-state index contributed by atoms with van der Waals surface area (Å²) < 4.78 is 0.885. The van der Waals surface area contributed by atoms with Crippen LogP contribution >= 0.6 is 15.9 Å². The van der Waals surface area contributed by atoms with Gasteiger partial charge in [0, 0.05) is 22.1 Å². The van der Waals surface area contributed by atoms with Gasteiger partial charge in [-0.1, -0.05) is 0 Å². The van der Waals surface area contributed by atoms with Crippen LogP contribution in [0.5, 0.6) is 0 Å². The number of benzene rings is 1. The molecule has 1 aliphatic carbocycles. The molecule has 0 fully saturated rings. The number of Topliss-reactive ketones (excluding diaryl/α,β-unsaturated/α-hetero) is 1. The van der Waals surface area contributed by atoms with Crippen LogP contribution in [0.25, 0.3) is 0 Å². The third-order valence-electron chi connectivity index (χ3n) is 2.14. The van der Waals surface area contributed by atoms with Gasteiger partial charge < -0.3 is 5.73 Å². The van der Waals surface area contributed by atoms with Crippen molar-refractivity contribution in [3.63, 3.8) is 0 Å². The Balaban J connectivity index is 2.63. The van der Waals surface area contributed by atoms with E-state index in [1.165, 1.54) is 0 Å². The summed E-state index contributed by atoms with van der Waals surface area (Å²) in [4.78, 5) is 11.3. The first-order chi connectivity index (χ1) is 5.68. The van der Waals surface area contributed by atoms with Crippen molar-refractivity contribution in [2.24, 2.45) is 0 Å². The molecule has 12 heavy (non-hydrogen) atoms. The largest absolute Gasteiger partial charge is 0.398 e. The van der Waals surface area contributed by atoms with E-state index in [9.17, 15) is 4.79 Å². The number of hydrogen-bond acceptors (Lipinski definition) is 2. The standard InChI is InChI=1S/C9H8BrNO/c10-7-3-5-1-2-9(12)6(5)4-8(7)11/h3-4H,1-2,11H2. The normalized spacial score (nSPS) is 14.9. The van der Waals surface area contributed by atoms with E-state index in [2.05, 4.69) is 15.9 Å². The van der Waals surface area contributed by atoms with Gasteiger partial charge in [-0.3, -0.25) is 4.79 Å². The molecule has 62 valence electrons. The molecule has 0 saturated carbocycles. The number of carbonyl (C=O) groups excluding carboxylic acids is 1. The lowest BCUT2D eigenvalue weighted by molar-refractivity contribution is 0.0994. The molecule has 0 saturated heterocycles. The zero-order valence-corrected chi connectivity index (χ0v) is 8.02. The Morgan fingerprint density at radius 3 is 2.83 bits per heavy atom. The lowest BCUT2D eigenvalue weighted by Gasteiger charge is -2.01. The SMILES string of the molecule is Nc1cc2c(cc1Br)CCC2=O. The first-order valence-corrected chi connectivity index (χ1v) is 4.59. The molecule has 2 nitrogen and oxygen atoms in total. The number of fused-ring (bicyclic) bond motifs is 1. The molecule has 0 aliphatic heterocycles. The number of nitrogens with two attached hydrogens (primary N) is 1. The minimum Gasteiger partial charge on any atom is -0.398 e. The number of ketones is 1. The Hall–Kier alpha value is -0.830. The number of rotatable bonds is 0. The summed E-state index contributed by atoms with van der Waals surface area (Å²) in [5.41, 5.74) is 8.21.